The molecule has 2 amide bonds. The van der Waals surface area contributed by atoms with Crippen molar-refractivity contribution in [1.82, 2.24) is 10.4 Å². The number of anilines is 1. The number of carboxylic acid groups (broad SMARTS) is 2. The van der Waals surface area contributed by atoms with E-state index < -0.39 is 59.7 Å². The van der Waals surface area contributed by atoms with Crippen LogP contribution < -0.4 is 25.9 Å². The second kappa shape index (κ2) is 22.1. The molecule has 318 valence electrons. The van der Waals surface area contributed by atoms with Crippen LogP contribution in [0.15, 0.2) is 78.0 Å². The van der Waals surface area contributed by atoms with Gasteiger partial charge in [0.2, 0.25) is 5.75 Å². The minimum Gasteiger partial charge on any atom is -0.487 e. The smallest absolute Gasteiger partial charge is 0.416 e. The molecule has 1 aromatic heterocycles. The summed E-state index contributed by atoms with van der Waals surface area (Å²) in [7, 11) is -3.10. The predicted molar refractivity (Wildman–Crippen MR) is 204 cm³/mol. The van der Waals surface area contributed by atoms with Crippen LogP contribution >= 0.6 is 19.0 Å². The standard InChI is InChI=1S/C15H11ClF3NO4.C15H12F2N4O3.C5H12NO4P/c1-2-23-14-8-10(4-5-12(14)20(21)22)24-13-6-3-9(7-11(13)16)15(17,18)19;1-8(13-12(14(22)23)3-2-4-18-13)20-21-15(24)19-11-6-9(16)5-10(17)7-11;1-11(9,10)3-2-4(6)5(7)8/h3-8H,2H2,1H3;2-7H,1H3,(H,22,23)(H2,19,21,24);4H,2-3,6H2,1H3,(H,7,8)(H,9,10)/b;20-8+;. The fourth-order valence-electron chi connectivity index (χ4n) is 4.21. The van der Waals surface area contributed by atoms with Crippen LogP contribution in [0, 0.1) is 21.7 Å². The number of aromatic nitrogens is 1. The van der Waals surface area contributed by atoms with Gasteiger partial charge in [0.1, 0.15) is 34.9 Å². The molecule has 0 fully saturated rings. The van der Waals surface area contributed by atoms with Crippen LogP contribution in [0.2, 0.25) is 5.02 Å². The first-order chi connectivity index (χ1) is 27.4. The molecule has 3 aromatic carbocycles. The van der Waals surface area contributed by atoms with Crippen molar-refractivity contribution in [3.05, 3.63) is 117 Å². The van der Waals surface area contributed by atoms with Gasteiger partial charge in [-0.2, -0.15) is 18.3 Å². The number of nitrogens with two attached hydrogens (primary N) is 1. The molecule has 17 nitrogen and oxygen atoms in total. The molecule has 0 saturated heterocycles. The number of urea groups is 1. The maximum absolute atomic E-state index is 13.0. The topological polar surface area (TPSA) is 266 Å². The van der Waals surface area contributed by atoms with Gasteiger partial charge in [-0.1, -0.05) is 11.6 Å². The third kappa shape index (κ3) is 17.0. The summed E-state index contributed by atoms with van der Waals surface area (Å²) in [6.07, 6.45) is -3.13. The third-order valence-corrected chi connectivity index (χ3v) is 8.30. The number of hydrazone groups is 1. The number of ether oxygens (including phenoxy) is 2. The number of halogens is 6. The Morgan fingerprint density at radius 1 is 1.05 bits per heavy atom. The van der Waals surface area contributed by atoms with E-state index in [0.717, 1.165) is 30.3 Å². The molecule has 0 aliphatic heterocycles. The Bertz CT molecular complexity index is 2210. The summed E-state index contributed by atoms with van der Waals surface area (Å²) >= 11 is 5.80. The van der Waals surface area contributed by atoms with Crippen LogP contribution in [0.5, 0.6) is 17.2 Å². The Balaban J connectivity index is 0.000000327. The second-order valence-corrected chi connectivity index (χ2v) is 14.7. The van der Waals surface area contributed by atoms with Crippen LogP contribution in [0.1, 0.15) is 41.9 Å². The number of carbonyl (C=O) groups excluding carboxylic acids is 1. The number of amides is 2. The number of hydrogen-bond donors (Lipinski definition) is 6. The van der Waals surface area contributed by atoms with Gasteiger partial charge in [-0.05, 0) is 68.8 Å². The van der Waals surface area contributed by atoms with Crippen molar-refractivity contribution >= 4 is 54.0 Å². The van der Waals surface area contributed by atoms with Crippen LogP contribution in [-0.2, 0) is 15.5 Å². The maximum atomic E-state index is 13.0. The highest BCUT2D eigenvalue weighted by Crippen LogP contribution is 2.39. The molecule has 0 aliphatic carbocycles. The number of alkyl halides is 3. The average Bonchev–Trinajstić information content (AvgIpc) is 3.13. The quantitative estimate of drug-likeness (QED) is 0.0247. The van der Waals surface area contributed by atoms with Crippen LogP contribution in [0.4, 0.5) is 38.1 Å². The first kappa shape index (κ1) is 48.9. The molecule has 0 saturated carbocycles. The molecule has 59 heavy (non-hydrogen) atoms. The Morgan fingerprint density at radius 3 is 2.22 bits per heavy atom. The van der Waals surface area contributed by atoms with Gasteiger partial charge in [0.15, 0.2) is 7.37 Å². The number of nitrogens with one attached hydrogen (secondary N) is 2. The van der Waals surface area contributed by atoms with Crippen molar-refractivity contribution in [2.24, 2.45) is 10.8 Å². The van der Waals surface area contributed by atoms with Gasteiger partial charge in [0.25, 0.3) is 0 Å². The molecular formula is C35H35ClF5N6O11P. The first-order valence-electron chi connectivity index (χ1n) is 16.4. The molecule has 0 radical (unpaired) electrons. The predicted octanol–water partition coefficient (Wildman–Crippen LogP) is 7.75. The van der Waals surface area contributed by atoms with E-state index in [0.29, 0.717) is 6.07 Å². The largest absolute Gasteiger partial charge is 0.487 e. The van der Waals surface area contributed by atoms with Crippen LogP contribution in [0.3, 0.4) is 0 Å². The summed E-state index contributed by atoms with van der Waals surface area (Å²) in [4.78, 5) is 55.9. The van der Waals surface area contributed by atoms with Crippen molar-refractivity contribution < 1.29 is 70.4 Å². The summed E-state index contributed by atoms with van der Waals surface area (Å²) < 4.78 is 85.1. The monoisotopic (exact) mass is 876 g/mol. The van der Waals surface area contributed by atoms with E-state index in [4.69, 9.17) is 41.9 Å². The van der Waals surface area contributed by atoms with Gasteiger partial charge in [-0.25, -0.2) is 23.8 Å². The summed E-state index contributed by atoms with van der Waals surface area (Å²) in [6, 6.07) is 9.85. The van der Waals surface area contributed by atoms with E-state index >= 15 is 0 Å². The zero-order valence-electron chi connectivity index (χ0n) is 30.9. The lowest BCUT2D eigenvalue weighted by atomic mass is 10.1. The number of benzene rings is 3. The second-order valence-electron chi connectivity index (χ2n) is 11.7. The molecule has 24 heteroatoms. The number of carbonyl (C=O) groups is 3. The number of aliphatic carboxylic acids is 1. The Morgan fingerprint density at radius 2 is 1.69 bits per heavy atom. The summed E-state index contributed by atoms with van der Waals surface area (Å²) in [5.41, 5.74) is 6.10. The molecule has 0 aliphatic rings. The third-order valence-electron chi connectivity index (χ3n) is 6.91. The lowest BCUT2D eigenvalue weighted by Crippen LogP contribution is -2.30. The fourth-order valence-corrected chi connectivity index (χ4v) is 5.18. The highest BCUT2D eigenvalue weighted by Gasteiger charge is 2.31. The SMILES string of the molecule is C/C(=N\NC(=O)Nc1cc(F)cc(F)c1)c1ncccc1C(=O)O.CCOc1cc(Oc2ccc(C(F)(F)F)cc2Cl)ccc1[N+](=O)[O-].CP(=O)(O)CCC(N)C(=O)O. The zero-order valence-corrected chi connectivity index (χ0v) is 32.5. The Labute approximate surface area is 336 Å². The molecule has 1 heterocycles. The number of aromatic carboxylic acids is 1. The Hall–Kier alpha value is -6.22. The number of nitro benzene ring substituents is 1. The highest BCUT2D eigenvalue weighted by atomic mass is 35.5. The zero-order chi connectivity index (χ0) is 44.7. The molecule has 2 atom stereocenters. The van der Waals surface area contributed by atoms with Gasteiger partial charge in [-0.3, -0.25) is 24.5 Å². The molecule has 0 bridgehead atoms. The Kier molecular flexibility index (Phi) is 18.3. The lowest BCUT2D eigenvalue weighted by Gasteiger charge is -2.12. The molecule has 2 unspecified atom stereocenters. The van der Waals surface area contributed by atoms with Gasteiger partial charge in [0, 0.05) is 42.9 Å². The number of pyridine rings is 1. The van der Waals surface area contributed by atoms with Gasteiger partial charge < -0.3 is 35.6 Å². The molecule has 7 N–H and O–H groups in total. The number of carboxylic acids is 2. The average molecular weight is 877 g/mol. The highest BCUT2D eigenvalue weighted by molar-refractivity contribution is 7.57. The van der Waals surface area contributed by atoms with Crippen molar-refractivity contribution in [1.29, 1.82) is 0 Å². The van der Waals surface area contributed by atoms with E-state index in [9.17, 15) is 51.0 Å². The molecule has 0 spiro atoms. The van der Waals surface area contributed by atoms with Crippen molar-refractivity contribution in [2.45, 2.75) is 32.5 Å². The summed E-state index contributed by atoms with van der Waals surface area (Å²) in [5.74, 6) is -3.89. The number of nitro groups is 1. The first-order valence-corrected chi connectivity index (χ1v) is 19.1. The summed E-state index contributed by atoms with van der Waals surface area (Å²) in [5, 5.41) is 33.9. The number of nitrogens with zero attached hydrogens (tertiary/aromatic N) is 3. The normalized spacial score (nSPS) is 12.6. The van der Waals surface area contributed by atoms with Gasteiger partial charge >= 0.3 is 29.8 Å². The molecular weight excluding hydrogens is 842 g/mol. The minimum atomic E-state index is -4.52. The van der Waals surface area contributed by atoms with Crippen LogP contribution in [0.25, 0.3) is 0 Å². The fraction of sp³-hybridized carbons (Fsp3) is 0.229. The van der Waals surface area contributed by atoms with Crippen molar-refractivity contribution in [2.75, 3.05) is 24.8 Å². The lowest BCUT2D eigenvalue weighted by molar-refractivity contribution is -0.385. The maximum Gasteiger partial charge on any atom is 0.416 e. The molecule has 4 rings (SSSR count). The van der Waals surface area contributed by atoms with Crippen LogP contribution in [-0.4, -0.2) is 74.2 Å². The van der Waals surface area contributed by atoms with E-state index in [1.165, 1.54) is 50.1 Å². The van der Waals surface area contributed by atoms with E-state index in [2.05, 4.69) is 20.8 Å². The van der Waals surface area contributed by atoms with Gasteiger partial charge in [0.05, 0.1) is 33.4 Å². The summed E-state index contributed by atoms with van der Waals surface area (Å²) in [6.45, 7) is 4.49. The molecule has 4 aromatic rings. The minimum absolute atomic E-state index is 0.0111. The van der Waals surface area contributed by atoms with Crippen molar-refractivity contribution in [3.8, 4) is 17.2 Å². The van der Waals surface area contributed by atoms with E-state index in [1.807, 2.05) is 0 Å². The van der Waals surface area contributed by atoms with Crippen molar-refractivity contribution in [3.63, 3.8) is 0 Å². The number of rotatable bonds is 13. The number of hydrogen-bond acceptors (Lipinski definition) is 11. The van der Waals surface area contributed by atoms with Gasteiger partial charge in [-0.15, -0.1) is 0 Å². The van der Waals surface area contributed by atoms with E-state index in [1.54, 1.807) is 6.92 Å². The van der Waals surface area contributed by atoms with E-state index in [-0.39, 0.29) is 69.8 Å².